The minimum atomic E-state index is -4.32. The molecule has 0 aromatic carbocycles. The SMILES string of the molecule is CCCCCCCCCCCCO.O=C(O)CS(=O)(=O)O.[NaH]. The van der Waals surface area contributed by atoms with Crippen LogP contribution < -0.4 is 0 Å². The van der Waals surface area contributed by atoms with Crippen LogP contribution in [0.1, 0.15) is 71.1 Å². The first-order valence-electron chi connectivity index (χ1n) is 7.61. The molecular weight excluding hydrogens is 319 g/mol. The molecule has 8 heteroatoms. The van der Waals surface area contributed by atoms with Gasteiger partial charge in [-0.15, -0.1) is 0 Å². The van der Waals surface area contributed by atoms with Crippen LogP contribution >= 0.6 is 0 Å². The summed E-state index contributed by atoms with van der Waals surface area (Å²) < 4.78 is 27.0. The molecule has 0 saturated carbocycles. The molecule has 0 aliphatic carbocycles. The Balaban J connectivity index is -0.000000348. The summed E-state index contributed by atoms with van der Waals surface area (Å²) in [5.74, 6) is -2.79. The molecule has 0 unspecified atom stereocenters. The number of carboxylic acid groups (broad SMARTS) is 1. The maximum absolute atomic E-state index is 9.62. The Morgan fingerprint density at radius 2 is 1.23 bits per heavy atom. The van der Waals surface area contributed by atoms with Crippen LogP contribution in [0.3, 0.4) is 0 Å². The number of aliphatic carboxylic acids is 1. The van der Waals surface area contributed by atoms with Crippen LogP contribution in [0.4, 0.5) is 0 Å². The molecule has 0 aromatic rings. The predicted molar refractivity (Wildman–Crippen MR) is 90.1 cm³/mol. The number of carboxylic acids is 1. The van der Waals surface area contributed by atoms with Crippen molar-refractivity contribution in [2.75, 3.05) is 12.4 Å². The van der Waals surface area contributed by atoms with Crippen LogP contribution in [-0.2, 0) is 14.9 Å². The zero-order chi connectivity index (χ0) is 16.6. The molecule has 6 nitrogen and oxygen atoms in total. The Kier molecular flexibility index (Phi) is 24.0. The summed E-state index contributed by atoms with van der Waals surface area (Å²) in [4.78, 5) is 9.48. The van der Waals surface area contributed by atoms with Gasteiger partial charge in [-0.05, 0) is 6.42 Å². The van der Waals surface area contributed by atoms with E-state index in [0.29, 0.717) is 6.61 Å². The third kappa shape index (κ3) is 32.3. The van der Waals surface area contributed by atoms with E-state index in [2.05, 4.69) is 6.92 Å². The summed E-state index contributed by atoms with van der Waals surface area (Å²) in [6, 6.07) is 0. The van der Waals surface area contributed by atoms with Crippen molar-refractivity contribution in [3.8, 4) is 0 Å². The standard InChI is InChI=1S/C12H26O.C2H4O5S.Na.H/c1-2-3-4-5-6-7-8-9-10-11-12-13;3-2(4)1-8(5,6)7;;/h13H,2-12H2,1H3;1H2,(H,3,4)(H,5,6,7);;. The molecule has 0 aliphatic heterocycles. The van der Waals surface area contributed by atoms with Gasteiger partial charge < -0.3 is 10.2 Å². The van der Waals surface area contributed by atoms with Gasteiger partial charge in [0.05, 0.1) is 0 Å². The second-order valence-electron chi connectivity index (χ2n) is 5.03. The molecule has 22 heavy (non-hydrogen) atoms. The summed E-state index contributed by atoms with van der Waals surface area (Å²) in [5.41, 5.74) is 0. The van der Waals surface area contributed by atoms with Crippen molar-refractivity contribution in [3.05, 3.63) is 0 Å². The average molecular weight is 350 g/mol. The molecule has 0 atom stereocenters. The van der Waals surface area contributed by atoms with E-state index >= 15 is 0 Å². The van der Waals surface area contributed by atoms with E-state index in [1.54, 1.807) is 0 Å². The van der Waals surface area contributed by atoms with Gasteiger partial charge in [0.2, 0.25) is 0 Å². The van der Waals surface area contributed by atoms with E-state index in [1.807, 2.05) is 0 Å². The Labute approximate surface area is 156 Å². The van der Waals surface area contributed by atoms with E-state index < -0.39 is 21.8 Å². The summed E-state index contributed by atoms with van der Waals surface area (Å²) in [7, 11) is -4.32. The van der Waals surface area contributed by atoms with Gasteiger partial charge >= 0.3 is 35.5 Å². The molecular formula is C14H31NaO6S. The van der Waals surface area contributed by atoms with Crippen LogP contribution in [0.5, 0.6) is 0 Å². The molecule has 0 rings (SSSR count). The fourth-order valence-corrected chi connectivity index (χ4v) is 2.07. The van der Waals surface area contributed by atoms with Gasteiger partial charge in [-0.3, -0.25) is 9.35 Å². The molecule has 3 N–H and O–H groups in total. The molecule has 0 aliphatic rings. The van der Waals surface area contributed by atoms with E-state index in [-0.39, 0.29) is 29.6 Å². The molecule has 0 radical (unpaired) electrons. The van der Waals surface area contributed by atoms with Crippen molar-refractivity contribution in [2.24, 2.45) is 0 Å². The number of aliphatic hydroxyl groups is 1. The quantitative estimate of drug-likeness (QED) is 0.283. The van der Waals surface area contributed by atoms with Crippen molar-refractivity contribution in [2.45, 2.75) is 71.1 Å². The zero-order valence-corrected chi connectivity index (χ0v) is 13.8. The second kappa shape index (κ2) is 19.4. The first kappa shape index (κ1) is 27.2. The number of rotatable bonds is 12. The van der Waals surface area contributed by atoms with E-state index in [0.717, 1.165) is 6.42 Å². The normalized spacial score (nSPS) is 10.3. The molecule has 0 spiro atoms. The fourth-order valence-electron chi connectivity index (χ4n) is 1.76. The molecule has 0 heterocycles. The molecule has 0 amide bonds. The second-order valence-corrected chi connectivity index (χ2v) is 6.48. The molecule has 0 bridgehead atoms. The van der Waals surface area contributed by atoms with Crippen molar-refractivity contribution >= 4 is 45.6 Å². The Hall–Kier alpha value is 0.340. The summed E-state index contributed by atoms with van der Waals surface area (Å²) >= 11 is 0. The Bertz CT molecular complexity index is 322. The van der Waals surface area contributed by atoms with Crippen molar-refractivity contribution in [1.29, 1.82) is 0 Å². The zero-order valence-electron chi connectivity index (χ0n) is 13.0. The average Bonchev–Trinajstić information content (AvgIpc) is 2.35. The summed E-state index contributed by atoms with van der Waals surface area (Å²) in [6.45, 7) is 2.63. The summed E-state index contributed by atoms with van der Waals surface area (Å²) in [5, 5.41) is 16.3. The molecule has 130 valence electrons. The number of hydrogen-bond acceptors (Lipinski definition) is 4. The van der Waals surface area contributed by atoms with Gasteiger partial charge in [-0.1, -0.05) is 64.7 Å². The van der Waals surface area contributed by atoms with Crippen LogP contribution in [0.15, 0.2) is 0 Å². The van der Waals surface area contributed by atoms with Crippen LogP contribution in [-0.4, -0.2) is 71.1 Å². The number of unbranched alkanes of at least 4 members (excludes halogenated alkanes) is 9. The van der Waals surface area contributed by atoms with Crippen molar-refractivity contribution in [1.82, 2.24) is 0 Å². The maximum atomic E-state index is 9.62. The van der Waals surface area contributed by atoms with E-state index in [4.69, 9.17) is 14.8 Å². The van der Waals surface area contributed by atoms with Crippen molar-refractivity contribution < 1.29 is 28.0 Å². The Morgan fingerprint density at radius 3 is 1.45 bits per heavy atom. The predicted octanol–water partition coefficient (Wildman–Crippen LogP) is 2.21. The first-order chi connectivity index (χ1) is 9.83. The van der Waals surface area contributed by atoms with E-state index in [1.165, 1.54) is 57.8 Å². The van der Waals surface area contributed by atoms with Crippen molar-refractivity contribution in [3.63, 3.8) is 0 Å². The van der Waals surface area contributed by atoms with Crippen LogP contribution in [0, 0.1) is 0 Å². The Morgan fingerprint density at radius 1 is 0.864 bits per heavy atom. The van der Waals surface area contributed by atoms with Gasteiger partial charge in [0.1, 0.15) is 0 Å². The number of carbonyl (C=O) groups is 1. The minimum absolute atomic E-state index is 0. The number of aliphatic hydroxyl groups excluding tert-OH is 1. The molecule has 0 fully saturated rings. The topological polar surface area (TPSA) is 112 Å². The summed E-state index contributed by atoms with van der Waals surface area (Å²) in [6.07, 6.45) is 13.3. The van der Waals surface area contributed by atoms with Gasteiger partial charge in [0.15, 0.2) is 5.75 Å². The molecule has 0 aromatic heterocycles. The van der Waals surface area contributed by atoms with Gasteiger partial charge in [-0.2, -0.15) is 8.42 Å². The van der Waals surface area contributed by atoms with Gasteiger partial charge in [0, 0.05) is 6.61 Å². The number of hydrogen-bond donors (Lipinski definition) is 3. The van der Waals surface area contributed by atoms with Gasteiger partial charge in [0.25, 0.3) is 10.1 Å². The van der Waals surface area contributed by atoms with Gasteiger partial charge in [-0.25, -0.2) is 0 Å². The van der Waals surface area contributed by atoms with Crippen LogP contribution in [0.25, 0.3) is 0 Å². The van der Waals surface area contributed by atoms with E-state index in [9.17, 15) is 13.2 Å². The third-order valence-electron chi connectivity index (χ3n) is 2.82. The monoisotopic (exact) mass is 350 g/mol. The first-order valence-corrected chi connectivity index (χ1v) is 9.22. The molecule has 0 saturated heterocycles. The fraction of sp³-hybridized carbons (Fsp3) is 0.929. The third-order valence-corrected chi connectivity index (χ3v) is 3.43. The van der Waals surface area contributed by atoms with Crippen LogP contribution in [0.2, 0.25) is 0 Å².